The van der Waals surface area contributed by atoms with Gasteiger partial charge in [-0.1, -0.05) is 11.3 Å². The van der Waals surface area contributed by atoms with Gasteiger partial charge < -0.3 is 0 Å². The van der Waals surface area contributed by atoms with Gasteiger partial charge in [0.25, 0.3) is 11.5 Å². The molecule has 0 fully saturated rings. The van der Waals surface area contributed by atoms with E-state index in [9.17, 15) is 14.9 Å². The second-order valence-corrected chi connectivity index (χ2v) is 2.62. The van der Waals surface area contributed by atoms with E-state index in [1.165, 1.54) is 0 Å². The Morgan fingerprint density at radius 1 is 1.60 bits per heavy atom. The molecule has 0 aliphatic rings. The van der Waals surface area contributed by atoms with E-state index >= 15 is 0 Å². The highest BCUT2D eigenvalue weighted by Gasteiger charge is 2.08. The zero-order valence-corrected chi connectivity index (χ0v) is 8.12. The number of aromatic amines is 1. The van der Waals surface area contributed by atoms with Crippen LogP contribution in [-0.4, -0.2) is 15.0 Å². The Morgan fingerprint density at radius 2 is 2.27 bits per heavy atom. The van der Waals surface area contributed by atoms with Crippen molar-refractivity contribution < 1.29 is 5.03 Å². The molecule has 0 amide bonds. The Bertz CT molecular complexity index is 509. The van der Waals surface area contributed by atoms with Crippen molar-refractivity contribution in [3.8, 4) is 11.8 Å². The van der Waals surface area contributed by atoms with Gasteiger partial charge in [-0.05, 0) is 13.8 Å². The minimum atomic E-state index is -0.803. The SMILES string of the molecule is CC#Cc1c(C)nc(N[N+](=O)[O-])[nH]c1=O. The first-order valence-corrected chi connectivity index (χ1v) is 3.99. The first-order chi connectivity index (χ1) is 7.04. The van der Waals surface area contributed by atoms with Crippen LogP contribution < -0.4 is 11.0 Å². The molecule has 0 aliphatic carbocycles. The number of H-pyrrole nitrogens is 1. The van der Waals surface area contributed by atoms with E-state index in [-0.39, 0.29) is 11.5 Å². The number of rotatable bonds is 2. The molecule has 78 valence electrons. The van der Waals surface area contributed by atoms with E-state index in [1.54, 1.807) is 19.3 Å². The number of nitro groups is 1. The standard InChI is InChI=1S/C8H8N4O3/c1-3-4-6-5(2)9-8(10-7(6)13)11-12(14)15/h1-2H3,(H2,9,10,11,13). The lowest BCUT2D eigenvalue weighted by atomic mass is 10.2. The van der Waals surface area contributed by atoms with Crippen LogP contribution in [0, 0.1) is 28.9 Å². The molecule has 0 saturated heterocycles. The summed E-state index contributed by atoms with van der Waals surface area (Å²) >= 11 is 0. The van der Waals surface area contributed by atoms with Crippen LogP contribution in [0.1, 0.15) is 18.2 Å². The Hall–Kier alpha value is -2.36. The highest BCUT2D eigenvalue weighted by atomic mass is 16.7. The zero-order valence-electron chi connectivity index (χ0n) is 8.12. The molecule has 0 bridgehead atoms. The number of hydrogen-bond acceptors (Lipinski definition) is 4. The van der Waals surface area contributed by atoms with Crippen LogP contribution in [-0.2, 0) is 0 Å². The molecule has 0 aliphatic heterocycles. The average molecular weight is 208 g/mol. The van der Waals surface area contributed by atoms with Crippen LogP contribution in [0.15, 0.2) is 4.79 Å². The Morgan fingerprint density at radius 3 is 2.73 bits per heavy atom. The van der Waals surface area contributed by atoms with Gasteiger partial charge >= 0.3 is 0 Å². The van der Waals surface area contributed by atoms with Crippen LogP contribution in [0.3, 0.4) is 0 Å². The van der Waals surface area contributed by atoms with Gasteiger partial charge in [0.15, 0.2) is 5.03 Å². The molecule has 1 aromatic heterocycles. The fourth-order valence-corrected chi connectivity index (χ4v) is 0.998. The molecule has 0 aromatic carbocycles. The van der Waals surface area contributed by atoms with Crippen molar-refractivity contribution in [3.05, 3.63) is 31.7 Å². The smallest absolute Gasteiger partial charge is 0.268 e. The molecule has 15 heavy (non-hydrogen) atoms. The topological polar surface area (TPSA) is 101 Å². The first-order valence-electron chi connectivity index (χ1n) is 3.99. The maximum atomic E-state index is 11.4. The van der Waals surface area contributed by atoms with E-state index in [0.29, 0.717) is 5.69 Å². The lowest BCUT2D eigenvalue weighted by Gasteiger charge is -1.99. The molecule has 0 unspecified atom stereocenters. The van der Waals surface area contributed by atoms with E-state index in [0.717, 1.165) is 0 Å². The second-order valence-electron chi connectivity index (χ2n) is 2.62. The maximum Gasteiger partial charge on any atom is 0.268 e. The molecule has 0 atom stereocenters. The highest BCUT2D eigenvalue weighted by Crippen LogP contribution is 2.00. The summed E-state index contributed by atoms with van der Waals surface area (Å²) in [4.78, 5) is 27.5. The number of nitrogens with one attached hydrogen (secondary N) is 2. The van der Waals surface area contributed by atoms with E-state index in [4.69, 9.17) is 0 Å². The van der Waals surface area contributed by atoms with Crippen molar-refractivity contribution in [2.75, 3.05) is 5.43 Å². The summed E-state index contributed by atoms with van der Waals surface area (Å²) < 4.78 is 0. The molecule has 2 N–H and O–H groups in total. The lowest BCUT2D eigenvalue weighted by Crippen LogP contribution is -2.20. The maximum absolute atomic E-state index is 11.4. The van der Waals surface area contributed by atoms with Gasteiger partial charge in [0.2, 0.25) is 0 Å². The predicted octanol–water partition coefficient (Wildman–Crippen LogP) is 0.0533. The molecule has 7 heteroatoms. The summed E-state index contributed by atoms with van der Waals surface area (Å²) in [6.45, 7) is 3.14. The quantitative estimate of drug-likeness (QED) is 0.406. The summed E-state index contributed by atoms with van der Waals surface area (Å²) in [7, 11) is 0. The predicted molar refractivity (Wildman–Crippen MR) is 52.8 cm³/mol. The molecule has 1 rings (SSSR count). The van der Waals surface area contributed by atoms with Gasteiger partial charge in [-0.15, -0.1) is 5.92 Å². The largest absolute Gasteiger partial charge is 0.287 e. The van der Waals surface area contributed by atoms with Gasteiger partial charge in [-0.3, -0.25) is 9.78 Å². The minimum absolute atomic E-state index is 0.204. The zero-order chi connectivity index (χ0) is 11.4. The van der Waals surface area contributed by atoms with Gasteiger partial charge in [-0.2, -0.15) is 0 Å². The van der Waals surface area contributed by atoms with Crippen molar-refractivity contribution in [3.63, 3.8) is 0 Å². The van der Waals surface area contributed by atoms with E-state index in [2.05, 4.69) is 21.8 Å². The third kappa shape index (κ3) is 2.54. The normalized spacial score (nSPS) is 8.93. The number of anilines is 1. The van der Waals surface area contributed by atoms with Gasteiger partial charge in [-0.25, -0.2) is 15.1 Å². The molecule has 0 radical (unpaired) electrons. The fourth-order valence-electron chi connectivity index (χ4n) is 0.998. The van der Waals surface area contributed by atoms with Crippen molar-refractivity contribution in [2.45, 2.75) is 13.8 Å². The molecule has 0 saturated carbocycles. The molecule has 0 spiro atoms. The number of hydrogen-bond donors (Lipinski definition) is 2. The fraction of sp³-hybridized carbons (Fsp3) is 0.250. The second kappa shape index (κ2) is 4.23. The Labute approximate surface area is 84.7 Å². The van der Waals surface area contributed by atoms with Gasteiger partial charge in [0, 0.05) is 0 Å². The molecule has 7 nitrogen and oxygen atoms in total. The summed E-state index contributed by atoms with van der Waals surface area (Å²) in [5, 5.41) is 9.30. The third-order valence-electron chi connectivity index (χ3n) is 1.55. The molecular formula is C8H8N4O3. The molecule has 1 aromatic rings. The van der Waals surface area contributed by atoms with Crippen molar-refractivity contribution in [1.82, 2.24) is 9.97 Å². The van der Waals surface area contributed by atoms with E-state index < -0.39 is 10.6 Å². The van der Waals surface area contributed by atoms with Crippen molar-refractivity contribution in [2.24, 2.45) is 0 Å². The van der Waals surface area contributed by atoms with Crippen LogP contribution >= 0.6 is 0 Å². The summed E-state index contributed by atoms with van der Waals surface area (Å²) in [6.07, 6.45) is 0. The summed E-state index contributed by atoms with van der Waals surface area (Å²) in [5.74, 6) is 4.93. The summed E-state index contributed by atoms with van der Waals surface area (Å²) in [5.41, 5.74) is 1.82. The minimum Gasteiger partial charge on any atom is -0.287 e. The van der Waals surface area contributed by atoms with Crippen molar-refractivity contribution >= 4 is 5.95 Å². The monoisotopic (exact) mass is 208 g/mol. The number of aryl methyl sites for hydroxylation is 1. The van der Waals surface area contributed by atoms with E-state index in [1.807, 2.05) is 0 Å². The third-order valence-corrected chi connectivity index (χ3v) is 1.55. The summed E-state index contributed by atoms with van der Waals surface area (Å²) in [6, 6.07) is 0. The van der Waals surface area contributed by atoms with Crippen LogP contribution in [0.5, 0.6) is 0 Å². The Kier molecular flexibility index (Phi) is 3.03. The number of aromatic nitrogens is 2. The van der Waals surface area contributed by atoms with Crippen LogP contribution in [0.2, 0.25) is 0 Å². The van der Waals surface area contributed by atoms with Crippen LogP contribution in [0.25, 0.3) is 0 Å². The highest BCUT2D eigenvalue weighted by molar-refractivity contribution is 5.38. The van der Waals surface area contributed by atoms with Gasteiger partial charge in [0.1, 0.15) is 5.56 Å². The number of nitrogens with zero attached hydrogens (tertiary/aromatic N) is 2. The number of hydrazine groups is 1. The first kappa shape index (κ1) is 10.7. The molecular weight excluding hydrogens is 200 g/mol. The Balaban J connectivity index is 3.23. The molecule has 1 heterocycles. The van der Waals surface area contributed by atoms with Gasteiger partial charge in [0.05, 0.1) is 5.69 Å². The van der Waals surface area contributed by atoms with Crippen LogP contribution in [0.4, 0.5) is 5.95 Å². The van der Waals surface area contributed by atoms with Crippen molar-refractivity contribution in [1.29, 1.82) is 0 Å². The lowest BCUT2D eigenvalue weighted by molar-refractivity contribution is -0.446. The average Bonchev–Trinajstić information content (AvgIpc) is 2.10.